The first-order chi connectivity index (χ1) is 14.2. The maximum Gasteiger partial charge on any atom is 0.224 e. The quantitative estimate of drug-likeness (QED) is 0.630. The zero-order valence-corrected chi connectivity index (χ0v) is 17.4. The number of morpholine rings is 1. The molecular weight excluding hydrogens is 370 g/mol. The molecule has 160 valence electrons. The van der Waals surface area contributed by atoms with Crippen LogP contribution in [0.1, 0.15) is 24.8 Å². The zero-order chi connectivity index (χ0) is 20.5. The lowest BCUT2D eigenvalue weighted by atomic mass is 9.96. The molecule has 7 nitrogen and oxygen atoms in total. The van der Waals surface area contributed by atoms with Gasteiger partial charge in [0.1, 0.15) is 5.75 Å². The third kappa shape index (κ3) is 6.72. The number of methoxy groups -OCH3 is 1. The van der Waals surface area contributed by atoms with E-state index in [9.17, 15) is 9.59 Å². The van der Waals surface area contributed by atoms with Crippen molar-refractivity contribution in [1.82, 2.24) is 15.1 Å². The number of benzene rings is 1. The summed E-state index contributed by atoms with van der Waals surface area (Å²) in [6.07, 6.45) is 2.82. The summed E-state index contributed by atoms with van der Waals surface area (Å²) in [5.41, 5.74) is 1.16. The molecule has 1 N–H and O–H groups in total. The highest BCUT2D eigenvalue weighted by Gasteiger charge is 2.29. The molecule has 29 heavy (non-hydrogen) atoms. The molecule has 0 aromatic heterocycles. The number of piperidine rings is 1. The number of amides is 2. The van der Waals surface area contributed by atoms with Crippen LogP contribution < -0.4 is 10.1 Å². The average Bonchev–Trinajstić information content (AvgIpc) is 2.77. The minimum atomic E-state index is -0.105. The normalized spacial score (nSPS) is 20.5. The van der Waals surface area contributed by atoms with Gasteiger partial charge >= 0.3 is 0 Å². The fraction of sp³-hybridized carbons (Fsp3) is 0.636. The van der Waals surface area contributed by atoms with E-state index in [4.69, 9.17) is 9.47 Å². The molecule has 0 radical (unpaired) electrons. The van der Waals surface area contributed by atoms with Crippen LogP contribution in [0, 0.1) is 5.92 Å². The minimum absolute atomic E-state index is 0.0777. The highest BCUT2D eigenvalue weighted by Crippen LogP contribution is 2.19. The lowest BCUT2D eigenvalue weighted by Gasteiger charge is -2.32. The molecule has 2 saturated heterocycles. The third-order valence-electron chi connectivity index (χ3n) is 5.75. The van der Waals surface area contributed by atoms with Crippen LogP contribution in [0.4, 0.5) is 0 Å². The Morgan fingerprint density at radius 1 is 1.21 bits per heavy atom. The van der Waals surface area contributed by atoms with Crippen molar-refractivity contribution in [2.45, 2.75) is 25.7 Å². The fourth-order valence-corrected chi connectivity index (χ4v) is 3.88. The highest BCUT2D eigenvalue weighted by molar-refractivity contribution is 5.83. The van der Waals surface area contributed by atoms with Crippen molar-refractivity contribution >= 4 is 11.8 Å². The number of likely N-dealkylation sites (tertiary alicyclic amines) is 1. The molecule has 1 aromatic carbocycles. The van der Waals surface area contributed by atoms with Crippen LogP contribution in [0.3, 0.4) is 0 Å². The zero-order valence-electron chi connectivity index (χ0n) is 17.4. The Kier molecular flexibility index (Phi) is 8.31. The van der Waals surface area contributed by atoms with Gasteiger partial charge in [-0.05, 0) is 43.5 Å². The molecule has 2 heterocycles. The third-order valence-corrected chi connectivity index (χ3v) is 5.75. The van der Waals surface area contributed by atoms with Crippen molar-refractivity contribution in [3.8, 4) is 5.75 Å². The monoisotopic (exact) mass is 403 g/mol. The van der Waals surface area contributed by atoms with Crippen molar-refractivity contribution in [2.24, 2.45) is 5.92 Å². The van der Waals surface area contributed by atoms with E-state index in [-0.39, 0.29) is 17.7 Å². The number of nitrogens with one attached hydrogen (secondary N) is 1. The Morgan fingerprint density at radius 2 is 1.97 bits per heavy atom. The second-order valence-corrected chi connectivity index (χ2v) is 7.77. The van der Waals surface area contributed by atoms with E-state index in [1.807, 2.05) is 29.2 Å². The maximum absolute atomic E-state index is 12.5. The molecule has 0 aliphatic carbocycles. The molecule has 0 bridgehead atoms. The Bertz CT molecular complexity index is 659. The second kappa shape index (κ2) is 11.2. The number of nitrogens with zero attached hydrogens (tertiary/aromatic N) is 2. The predicted octanol–water partition coefficient (Wildman–Crippen LogP) is 1.31. The summed E-state index contributed by atoms with van der Waals surface area (Å²) in [6.45, 7) is 6.39. The van der Waals surface area contributed by atoms with Gasteiger partial charge in [-0.15, -0.1) is 0 Å². The van der Waals surface area contributed by atoms with Gasteiger partial charge in [0, 0.05) is 39.1 Å². The van der Waals surface area contributed by atoms with E-state index in [0.717, 1.165) is 57.0 Å². The van der Waals surface area contributed by atoms with Gasteiger partial charge in [0.05, 0.1) is 26.2 Å². The number of carbonyl (C=O) groups excluding carboxylic acids is 2. The van der Waals surface area contributed by atoms with Gasteiger partial charge in [-0.3, -0.25) is 14.5 Å². The predicted molar refractivity (Wildman–Crippen MR) is 111 cm³/mol. The molecule has 1 atom stereocenters. The molecule has 2 amide bonds. The summed E-state index contributed by atoms with van der Waals surface area (Å²) < 4.78 is 10.5. The Labute approximate surface area is 173 Å². The lowest BCUT2D eigenvalue weighted by molar-refractivity contribution is -0.138. The van der Waals surface area contributed by atoms with E-state index < -0.39 is 0 Å². The van der Waals surface area contributed by atoms with Crippen molar-refractivity contribution in [3.63, 3.8) is 0 Å². The minimum Gasteiger partial charge on any atom is -0.497 e. The summed E-state index contributed by atoms with van der Waals surface area (Å²) in [5.74, 6) is 0.948. The van der Waals surface area contributed by atoms with Crippen LogP contribution in [-0.4, -0.2) is 81.2 Å². The lowest BCUT2D eigenvalue weighted by Crippen LogP contribution is -2.46. The molecule has 0 spiro atoms. The number of hydrogen-bond acceptors (Lipinski definition) is 5. The largest absolute Gasteiger partial charge is 0.497 e. The van der Waals surface area contributed by atoms with Crippen LogP contribution in [0.25, 0.3) is 0 Å². The molecule has 2 fully saturated rings. The van der Waals surface area contributed by atoms with Crippen molar-refractivity contribution in [3.05, 3.63) is 29.8 Å². The number of carbonyl (C=O) groups is 2. The number of hydrogen-bond donors (Lipinski definition) is 1. The van der Waals surface area contributed by atoms with Gasteiger partial charge in [-0.25, -0.2) is 0 Å². The molecule has 1 aromatic rings. The first-order valence-corrected chi connectivity index (χ1v) is 10.6. The Balaban J connectivity index is 1.38. The van der Waals surface area contributed by atoms with Gasteiger partial charge in [0.25, 0.3) is 0 Å². The first-order valence-electron chi connectivity index (χ1n) is 10.6. The van der Waals surface area contributed by atoms with Gasteiger partial charge in [-0.1, -0.05) is 12.1 Å². The molecule has 0 unspecified atom stereocenters. The van der Waals surface area contributed by atoms with E-state index in [1.165, 1.54) is 0 Å². The van der Waals surface area contributed by atoms with Gasteiger partial charge in [-0.2, -0.15) is 0 Å². The summed E-state index contributed by atoms with van der Waals surface area (Å²) in [6, 6.07) is 7.90. The number of rotatable bonds is 9. The second-order valence-electron chi connectivity index (χ2n) is 7.77. The summed E-state index contributed by atoms with van der Waals surface area (Å²) >= 11 is 0. The molecule has 7 heteroatoms. The van der Waals surface area contributed by atoms with Gasteiger partial charge in [0.2, 0.25) is 11.8 Å². The van der Waals surface area contributed by atoms with Crippen LogP contribution in [0.15, 0.2) is 24.3 Å². The molecule has 3 rings (SSSR count). The molecular formula is C22H33N3O4. The topological polar surface area (TPSA) is 71.1 Å². The molecule has 0 saturated carbocycles. The molecule has 2 aliphatic rings. The summed E-state index contributed by atoms with van der Waals surface area (Å²) in [7, 11) is 1.65. The van der Waals surface area contributed by atoms with Crippen molar-refractivity contribution in [2.75, 3.05) is 59.6 Å². The van der Waals surface area contributed by atoms with E-state index in [2.05, 4.69) is 10.2 Å². The number of ether oxygens (including phenoxy) is 2. The van der Waals surface area contributed by atoms with Crippen LogP contribution in [0.5, 0.6) is 5.75 Å². The average molecular weight is 404 g/mol. The van der Waals surface area contributed by atoms with Crippen LogP contribution in [-0.2, 0) is 20.7 Å². The summed E-state index contributed by atoms with van der Waals surface area (Å²) in [4.78, 5) is 29.0. The van der Waals surface area contributed by atoms with Crippen LogP contribution in [0.2, 0.25) is 0 Å². The SMILES string of the molecule is COc1ccc(CCN2C[C@@H](C(=O)NCCCN3CCOCC3)CCC2=O)cc1. The van der Waals surface area contributed by atoms with Gasteiger partial charge < -0.3 is 19.7 Å². The van der Waals surface area contributed by atoms with Gasteiger partial charge in [0.15, 0.2) is 0 Å². The highest BCUT2D eigenvalue weighted by atomic mass is 16.5. The maximum atomic E-state index is 12.5. The Hall–Kier alpha value is -2.12. The molecule has 2 aliphatic heterocycles. The van der Waals surface area contributed by atoms with Crippen molar-refractivity contribution in [1.29, 1.82) is 0 Å². The van der Waals surface area contributed by atoms with Crippen LogP contribution >= 0.6 is 0 Å². The van der Waals surface area contributed by atoms with Crippen molar-refractivity contribution < 1.29 is 19.1 Å². The first kappa shape index (κ1) is 21.6. The fourth-order valence-electron chi connectivity index (χ4n) is 3.88. The van der Waals surface area contributed by atoms with E-state index in [0.29, 0.717) is 32.5 Å². The standard InChI is InChI=1S/C22H33N3O4/c1-28-20-6-3-18(4-7-20)9-12-25-17-19(5-8-21(25)26)22(27)23-10-2-11-24-13-15-29-16-14-24/h3-4,6-7,19H,2,5,8-17H2,1H3,(H,23,27)/t19-/m0/s1. The van der Waals surface area contributed by atoms with E-state index in [1.54, 1.807) is 7.11 Å². The van der Waals surface area contributed by atoms with E-state index >= 15 is 0 Å². The summed E-state index contributed by atoms with van der Waals surface area (Å²) in [5, 5.41) is 3.07. The smallest absolute Gasteiger partial charge is 0.224 e. The Morgan fingerprint density at radius 3 is 2.69 bits per heavy atom.